The summed E-state index contributed by atoms with van der Waals surface area (Å²) in [5.74, 6) is 5.23. The third-order valence-electron chi connectivity index (χ3n) is 8.03. The van der Waals surface area contributed by atoms with Crippen LogP contribution in [0.15, 0.2) is 0 Å². The van der Waals surface area contributed by atoms with Gasteiger partial charge in [-0.3, -0.25) is 10.1 Å². The quantitative estimate of drug-likeness (QED) is 0.251. The van der Waals surface area contributed by atoms with E-state index in [1.54, 1.807) is 0 Å². The van der Waals surface area contributed by atoms with Gasteiger partial charge in [0.25, 0.3) is 0 Å². The fourth-order valence-corrected chi connectivity index (χ4v) is 6.74. The minimum atomic E-state index is -0.157. The molecule has 0 radical (unpaired) electrons. The molecular formula is C23H43NO2. The molecule has 7 atom stereocenters. The van der Waals surface area contributed by atoms with Crippen molar-refractivity contribution in [1.82, 2.24) is 0 Å². The van der Waals surface area contributed by atoms with Gasteiger partial charge in [0.05, 0.1) is 0 Å². The number of rotatable bonds is 9. The van der Waals surface area contributed by atoms with Gasteiger partial charge in [-0.25, -0.2) is 0 Å². The first-order chi connectivity index (χ1) is 12.3. The molecule has 0 amide bonds. The van der Waals surface area contributed by atoms with Crippen molar-refractivity contribution >= 4 is 0 Å². The molecule has 0 N–H and O–H groups in total. The Hall–Kier alpha value is -0.600. The smallest absolute Gasteiger partial charge is 0.203 e. The molecule has 0 aromatic carbocycles. The number of hydrogen-bond acceptors (Lipinski definition) is 2. The first kappa shape index (κ1) is 21.7. The number of nitrogens with zero attached hydrogens (tertiary/aromatic N) is 1. The average molecular weight is 366 g/mol. The summed E-state index contributed by atoms with van der Waals surface area (Å²) < 4.78 is 0. The van der Waals surface area contributed by atoms with Crippen LogP contribution in [0.4, 0.5) is 0 Å². The second-order valence-corrected chi connectivity index (χ2v) is 10.3. The van der Waals surface area contributed by atoms with Crippen LogP contribution >= 0.6 is 0 Å². The van der Waals surface area contributed by atoms with Gasteiger partial charge in [0.2, 0.25) is 6.54 Å². The highest BCUT2D eigenvalue weighted by atomic mass is 16.6. The van der Waals surface area contributed by atoms with Crippen LogP contribution < -0.4 is 0 Å². The molecule has 0 heterocycles. The lowest BCUT2D eigenvalue weighted by Gasteiger charge is -2.33. The number of unbranched alkanes of at least 4 members (excludes halogenated alkanes) is 3. The van der Waals surface area contributed by atoms with Gasteiger partial charge in [0.15, 0.2) is 0 Å². The van der Waals surface area contributed by atoms with Crippen molar-refractivity contribution in [3.63, 3.8) is 0 Å². The molecule has 2 saturated carbocycles. The monoisotopic (exact) mass is 365 g/mol. The molecule has 2 aliphatic carbocycles. The predicted molar refractivity (Wildman–Crippen MR) is 110 cm³/mol. The van der Waals surface area contributed by atoms with Crippen LogP contribution in [-0.2, 0) is 0 Å². The molecule has 0 spiro atoms. The third-order valence-corrected chi connectivity index (χ3v) is 8.03. The molecule has 3 heteroatoms. The van der Waals surface area contributed by atoms with Gasteiger partial charge in [-0.05, 0) is 79.4 Å². The summed E-state index contributed by atoms with van der Waals surface area (Å²) in [7, 11) is 0. The van der Waals surface area contributed by atoms with Crippen LogP contribution in [0.5, 0.6) is 0 Å². The number of nitro groups is 1. The maximum atomic E-state index is 10.6. The molecule has 26 heavy (non-hydrogen) atoms. The highest BCUT2D eigenvalue weighted by Crippen LogP contribution is 2.57. The molecule has 0 bridgehead atoms. The molecule has 0 aromatic rings. The zero-order valence-electron chi connectivity index (χ0n) is 18.0. The van der Waals surface area contributed by atoms with E-state index >= 15 is 0 Å². The molecule has 6 unspecified atom stereocenters. The molecule has 0 aromatic heterocycles. The van der Waals surface area contributed by atoms with E-state index in [-0.39, 0.29) is 11.5 Å². The fraction of sp³-hybridized carbons (Fsp3) is 1.00. The van der Waals surface area contributed by atoms with Gasteiger partial charge >= 0.3 is 0 Å². The summed E-state index contributed by atoms with van der Waals surface area (Å²) in [5.41, 5.74) is 0.391. The Kier molecular flexibility index (Phi) is 7.97. The standard InChI is InChI=1S/C23H43NO2/c1-6-7-8-11-21-17(2)14-20-16-23(5,12-9-10-13-24(25)26)15-18(3)19(4)22(20)21/h17-22H,6-16H2,1-5H3/t17-,18?,19?,20?,21?,22?,23?/m0/s1. The lowest BCUT2D eigenvalue weighted by Crippen LogP contribution is -2.26. The van der Waals surface area contributed by atoms with E-state index < -0.39 is 0 Å². The second kappa shape index (κ2) is 9.55. The maximum Gasteiger partial charge on any atom is 0.203 e. The van der Waals surface area contributed by atoms with E-state index in [9.17, 15) is 10.1 Å². The van der Waals surface area contributed by atoms with E-state index in [0.717, 1.165) is 48.3 Å². The molecule has 3 nitrogen and oxygen atoms in total. The third kappa shape index (κ3) is 5.45. The van der Waals surface area contributed by atoms with Crippen LogP contribution in [0.3, 0.4) is 0 Å². The van der Waals surface area contributed by atoms with E-state index in [0.29, 0.717) is 5.41 Å². The Morgan fingerprint density at radius 2 is 1.77 bits per heavy atom. The fourth-order valence-electron chi connectivity index (χ4n) is 6.74. The Morgan fingerprint density at radius 1 is 1.04 bits per heavy atom. The van der Waals surface area contributed by atoms with Crippen molar-refractivity contribution in [2.45, 2.75) is 98.8 Å². The van der Waals surface area contributed by atoms with Gasteiger partial charge in [-0.1, -0.05) is 53.9 Å². The Morgan fingerprint density at radius 3 is 2.42 bits per heavy atom. The highest BCUT2D eigenvalue weighted by molar-refractivity contribution is 4.98. The zero-order valence-corrected chi connectivity index (χ0v) is 18.0. The lowest BCUT2D eigenvalue weighted by molar-refractivity contribution is -0.480. The molecule has 0 aliphatic heterocycles. The van der Waals surface area contributed by atoms with Crippen LogP contribution in [0, 0.1) is 51.0 Å². The lowest BCUT2D eigenvalue weighted by atomic mass is 9.72. The van der Waals surface area contributed by atoms with Crippen molar-refractivity contribution < 1.29 is 4.92 Å². The molecule has 2 rings (SSSR count). The van der Waals surface area contributed by atoms with E-state index in [4.69, 9.17) is 0 Å². The SMILES string of the molecule is CCCCCC1C2C(C[C@@H]1C)CC(C)(CCCC[N+](=O)[O-])CC(C)C2C. The van der Waals surface area contributed by atoms with E-state index in [1.807, 2.05) is 0 Å². The molecular weight excluding hydrogens is 322 g/mol. The van der Waals surface area contributed by atoms with Crippen molar-refractivity contribution in [2.24, 2.45) is 40.9 Å². The van der Waals surface area contributed by atoms with Gasteiger partial charge in [0.1, 0.15) is 0 Å². The Bertz CT molecular complexity index is 451. The average Bonchev–Trinajstić information content (AvgIpc) is 2.81. The van der Waals surface area contributed by atoms with Crippen LogP contribution in [0.2, 0.25) is 0 Å². The van der Waals surface area contributed by atoms with E-state index in [1.165, 1.54) is 51.4 Å². The summed E-state index contributed by atoms with van der Waals surface area (Å²) in [4.78, 5) is 10.5. The van der Waals surface area contributed by atoms with Crippen molar-refractivity contribution in [3.05, 3.63) is 10.1 Å². The number of hydrogen-bond donors (Lipinski definition) is 0. The first-order valence-corrected chi connectivity index (χ1v) is 11.4. The molecule has 0 saturated heterocycles. The number of fused-ring (bicyclic) bond motifs is 1. The summed E-state index contributed by atoms with van der Waals surface area (Å²) >= 11 is 0. The minimum Gasteiger partial charge on any atom is -0.265 e. The Balaban J connectivity index is 2.03. The molecule has 2 fully saturated rings. The van der Waals surface area contributed by atoms with Crippen LogP contribution in [0.25, 0.3) is 0 Å². The van der Waals surface area contributed by atoms with Gasteiger partial charge < -0.3 is 0 Å². The second-order valence-electron chi connectivity index (χ2n) is 10.3. The summed E-state index contributed by atoms with van der Waals surface area (Å²) in [6.45, 7) is 12.5. The van der Waals surface area contributed by atoms with Crippen LogP contribution in [0.1, 0.15) is 98.8 Å². The summed E-state index contributed by atoms with van der Waals surface area (Å²) in [6, 6.07) is 0. The summed E-state index contributed by atoms with van der Waals surface area (Å²) in [5, 5.41) is 10.6. The largest absolute Gasteiger partial charge is 0.265 e. The minimum absolute atomic E-state index is 0.143. The van der Waals surface area contributed by atoms with Gasteiger partial charge in [0, 0.05) is 11.3 Å². The van der Waals surface area contributed by atoms with Crippen LogP contribution in [-0.4, -0.2) is 11.5 Å². The normalized spacial score (nSPS) is 40.2. The topological polar surface area (TPSA) is 43.1 Å². The predicted octanol–water partition coefficient (Wildman–Crippen LogP) is 6.97. The van der Waals surface area contributed by atoms with Gasteiger partial charge in [-0.15, -0.1) is 0 Å². The highest BCUT2D eigenvalue weighted by Gasteiger charge is 2.49. The maximum absolute atomic E-state index is 10.6. The van der Waals surface area contributed by atoms with Crippen molar-refractivity contribution in [1.29, 1.82) is 0 Å². The molecule has 152 valence electrons. The summed E-state index contributed by atoms with van der Waals surface area (Å²) in [6.07, 6.45) is 12.6. The zero-order chi connectivity index (χ0) is 19.3. The van der Waals surface area contributed by atoms with Crippen molar-refractivity contribution in [2.75, 3.05) is 6.54 Å². The van der Waals surface area contributed by atoms with E-state index in [2.05, 4.69) is 34.6 Å². The first-order valence-electron chi connectivity index (χ1n) is 11.4. The van der Waals surface area contributed by atoms with Gasteiger partial charge in [-0.2, -0.15) is 0 Å². The Labute approximate surface area is 161 Å². The van der Waals surface area contributed by atoms with Crippen molar-refractivity contribution in [3.8, 4) is 0 Å². The molecule has 2 aliphatic rings.